The van der Waals surface area contributed by atoms with Crippen LogP contribution >= 0.6 is 22.9 Å². The Bertz CT molecular complexity index is 877. The molecular weight excluding hydrogens is 368 g/mol. The molecule has 0 spiro atoms. The summed E-state index contributed by atoms with van der Waals surface area (Å²) in [6, 6.07) is 13.6. The quantitative estimate of drug-likeness (QED) is 0.530. The van der Waals surface area contributed by atoms with E-state index in [1.807, 2.05) is 56.4 Å². The minimum Gasteiger partial charge on any atom is -0.494 e. The number of fused-ring (bicyclic) bond motifs is 1. The summed E-state index contributed by atoms with van der Waals surface area (Å²) in [7, 11) is 1.82. The lowest BCUT2D eigenvalue weighted by molar-refractivity contribution is -0.130. The smallest absolute Gasteiger partial charge is 0.222 e. The van der Waals surface area contributed by atoms with Gasteiger partial charge in [0.15, 0.2) is 0 Å². The number of carbonyl (C=O) groups is 1. The Morgan fingerprint density at radius 1 is 1.27 bits per heavy atom. The molecule has 1 aromatic heterocycles. The number of carbonyl (C=O) groups excluding carboxylic acids is 1. The van der Waals surface area contributed by atoms with Gasteiger partial charge in [-0.15, -0.1) is 11.3 Å². The van der Waals surface area contributed by atoms with Crippen LogP contribution in [0.4, 0.5) is 0 Å². The molecule has 2 aromatic carbocycles. The number of aromatic nitrogens is 1. The molecule has 26 heavy (non-hydrogen) atoms. The monoisotopic (exact) mass is 388 g/mol. The summed E-state index contributed by atoms with van der Waals surface area (Å²) in [6.45, 7) is 2.98. The Hall–Kier alpha value is -2.11. The highest BCUT2D eigenvalue weighted by Gasteiger charge is 2.12. The average Bonchev–Trinajstić information content (AvgIpc) is 3.03. The van der Waals surface area contributed by atoms with E-state index in [2.05, 4.69) is 4.98 Å². The molecule has 6 heteroatoms. The maximum absolute atomic E-state index is 12.3. The van der Waals surface area contributed by atoms with Crippen LogP contribution in [0.25, 0.3) is 10.2 Å². The molecule has 0 aliphatic rings. The first kappa shape index (κ1) is 18.7. The summed E-state index contributed by atoms with van der Waals surface area (Å²) >= 11 is 7.63. The van der Waals surface area contributed by atoms with Crippen molar-refractivity contribution in [2.45, 2.75) is 26.3 Å². The number of hydrogen-bond acceptors (Lipinski definition) is 4. The average molecular weight is 389 g/mol. The normalized spacial score (nSPS) is 10.9. The van der Waals surface area contributed by atoms with Crippen molar-refractivity contribution in [3.05, 3.63) is 58.1 Å². The van der Waals surface area contributed by atoms with Crippen LogP contribution in [0.1, 0.15) is 23.4 Å². The van der Waals surface area contributed by atoms with E-state index in [9.17, 15) is 4.79 Å². The van der Waals surface area contributed by atoms with Crippen molar-refractivity contribution < 1.29 is 9.53 Å². The van der Waals surface area contributed by atoms with Gasteiger partial charge in [-0.2, -0.15) is 0 Å². The predicted molar refractivity (Wildman–Crippen MR) is 107 cm³/mol. The standard InChI is InChI=1S/C20H21ClN2O2S/c1-14-12-15(9-10-16(14)21)25-11-5-8-20(24)23(2)13-19-22-17-6-3-4-7-18(17)26-19/h3-4,6-7,9-10,12H,5,8,11,13H2,1-2H3. The molecular formula is C20H21ClN2O2S. The number of halogens is 1. The number of aryl methyl sites for hydroxylation is 1. The van der Waals surface area contributed by atoms with Crippen molar-refractivity contribution in [2.24, 2.45) is 0 Å². The second-order valence-corrected chi connectivity index (χ2v) is 7.71. The van der Waals surface area contributed by atoms with Crippen LogP contribution in [-0.2, 0) is 11.3 Å². The second kappa shape index (κ2) is 8.52. The molecule has 1 amide bonds. The Balaban J connectivity index is 1.44. The fourth-order valence-corrected chi connectivity index (χ4v) is 3.73. The van der Waals surface area contributed by atoms with Gasteiger partial charge in [0, 0.05) is 18.5 Å². The molecule has 0 radical (unpaired) electrons. The predicted octanol–water partition coefficient (Wildman–Crippen LogP) is 5.08. The maximum Gasteiger partial charge on any atom is 0.222 e. The van der Waals surface area contributed by atoms with Crippen molar-refractivity contribution in [1.29, 1.82) is 0 Å². The molecule has 136 valence electrons. The number of ether oxygens (including phenoxy) is 1. The van der Waals surface area contributed by atoms with Crippen LogP contribution in [0, 0.1) is 6.92 Å². The van der Waals surface area contributed by atoms with Gasteiger partial charge in [0.1, 0.15) is 10.8 Å². The number of nitrogens with zero attached hydrogens (tertiary/aromatic N) is 2. The highest BCUT2D eigenvalue weighted by Crippen LogP contribution is 2.23. The molecule has 0 bridgehead atoms. The third-order valence-electron chi connectivity index (χ3n) is 4.07. The van der Waals surface area contributed by atoms with E-state index >= 15 is 0 Å². The van der Waals surface area contributed by atoms with Gasteiger partial charge in [0.05, 0.1) is 23.4 Å². The lowest BCUT2D eigenvalue weighted by Crippen LogP contribution is -2.26. The number of hydrogen-bond donors (Lipinski definition) is 0. The lowest BCUT2D eigenvalue weighted by Gasteiger charge is -2.15. The van der Waals surface area contributed by atoms with Gasteiger partial charge in [-0.1, -0.05) is 23.7 Å². The van der Waals surface area contributed by atoms with Gasteiger partial charge in [0.2, 0.25) is 5.91 Å². The SMILES string of the molecule is Cc1cc(OCCCC(=O)N(C)Cc2nc3ccccc3s2)ccc1Cl. The minimum absolute atomic E-state index is 0.0974. The minimum atomic E-state index is 0.0974. The van der Waals surface area contributed by atoms with Gasteiger partial charge >= 0.3 is 0 Å². The summed E-state index contributed by atoms with van der Waals surface area (Å²) in [5.41, 5.74) is 1.97. The first-order valence-corrected chi connectivity index (χ1v) is 9.70. The number of thiazole rings is 1. The van der Waals surface area contributed by atoms with Gasteiger partial charge in [-0.05, 0) is 49.2 Å². The Morgan fingerprint density at radius 2 is 2.08 bits per heavy atom. The summed E-state index contributed by atoms with van der Waals surface area (Å²) in [4.78, 5) is 18.6. The van der Waals surface area contributed by atoms with E-state index in [1.54, 1.807) is 16.2 Å². The Kier molecular flexibility index (Phi) is 6.12. The molecule has 0 unspecified atom stereocenters. The van der Waals surface area contributed by atoms with Crippen molar-refractivity contribution in [3.8, 4) is 5.75 Å². The molecule has 0 saturated heterocycles. The molecule has 0 atom stereocenters. The third kappa shape index (κ3) is 4.74. The molecule has 0 N–H and O–H groups in total. The van der Waals surface area contributed by atoms with E-state index in [-0.39, 0.29) is 5.91 Å². The zero-order chi connectivity index (χ0) is 18.5. The molecule has 3 rings (SSSR count). The highest BCUT2D eigenvalue weighted by atomic mass is 35.5. The summed E-state index contributed by atoms with van der Waals surface area (Å²) < 4.78 is 6.84. The van der Waals surface area contributed by atoms with Crippen LogP contribution in [0.15, 0.2) is 42.5 Å². The van der Waals surface area contributed by atoms with Crippen LogP contribution in [0.2, 0.25) is 5.02 Å². The van der Waals surface area contributed by atoms with Crippen molar-refractivity contribution in [2.75, 3.05) is 13.7 Å². The van der Waals surface area contributed by atoms with Crippen molar-refractivity contribution >= 4 is 39.1 Å². The first-order chi connectivity index (χ1) is 12.5. The highest BCUT2D eigenvalue weighted by molar-refractivity contribution is 7.18. The molecule has 4 nitrogen and oxygen atoms in total. The van der Waals surface area contributed by atoms with Gasteiger partial charge in [0.25, 0.3) is 0 Å². The van der Waals surface area contributed by atoms with E-state index in [4.69, 9.17) is 16.3 Å². The number of rotatable bonds is 7. The largest absolute Gasteiger partial charge is 0.494 e. The fraction of sp³-hybridized carbons (Fsp3) is 0.300. The van der Waals surface area contributed by atoms with Gasteiger partial charge in [-0.25, -0.2) is 4.98 Å². The number of para-hydroxylation sites is 1. The van der Waals surface area contributed by atoms with Crippen LogP contribution < -0.4 is 4.74 Å². The zero-order valence-corrected chi connectivity index (χ0v) is 16.4. The van der Waals surface area contributed by atoms with E-state index in [0.717, 1.165) is 31.6 Å². The number of amides is 1. The molecule has 0 aliphatic heterocycles. The Labute approximate surface area is 162 Å². The molecule has 0 saturated carbocycles. The molecule has 0 fully saturated rings. The molecule has 3 aromatic rings. The van der Waals surface area contributed by atoms with Crippen molar-refractivity contribution in [3.63, 3.8) is 0 Å². The van der Waals surface area contributed by atoms with E-state index in [0.29, 0.717) is 26.0 Å². The topological polar surface area (TPSA) is 42.4 Å². The van der Waals surface area contributed by atoms with Crippen LogP contribution in [0.3, 0.4) is 0 Å². The lowest BCUT2D eigenvalue weighted by atomic mass is 10.2. The number of benzene rings is 2. The van der Waals surface area contributed by atoms with Crippen LogP contribution in [-0.4, -0.2) is 29.4 Å². The molecule has 0 aliphatic carbocycles. The molecule has 1 heterocycles. The summed E-state index contributed by atoms with van der Waals surface area (Å²) in [5.74, 6) is 0.877. The van der Waals surface area contributed by atoms with E-state index < -0.39 is 0 Å². The first-order valence-electron chi connectivity index (χ1n) is 8.50. The summed E-state index contributed by atoms with van der Waals surface area (Å²) in [5, 5.41) is 1.68. The summed E-state index contributed by atoms with van der Waals surface area (Å²) in [6.07, 6.45) is 1.12. The third-order valence-corrected chi connectivity index (χ3v) is 5.51. The van der Waals surface area contributed by atoms with Crippen LogP contribution in [0.5, 0.6) is 5.75 Å². The zero-order valence-electron chi connectivity index (χ0n) is 14.9. The second-order valence-electron chi connectivity index (χ2n) is 6.19. The fourth-order valence-electron chi connectivity index (χ4n) is 2.59. The van der Waals surface area contributed by atoms with E-state index in [1.165, 1.54) is 0 Å². The van der Waals surface area contributed by atoms with Gasteiger partial charge in [-0.3, -0.25) is 4.79 Å². The Morgan fingerprint density at radius 3 is 2.85 bits per heavy atom. The van der Waals surface area contributed by atoms with Crippen molar-refractivity contribution in [1.82, 2.24) is 9.88 Å². The van der Waals surface area contributed by atoms with Gasteiger partial charge < -0.3 is 9.64 Å². The maximum atomic E-state index is 12.3.